The van der Waals surface area contributed by atoms with Crippen LogP contribution in [0.5, 0.6) is 0 Å². The van der Waals surface area contributed by atoms with Crippen molar-refractivity contribution in [3.8, 4) is 0 Å². The summed E-state index contributed by atoms with van der Waals surface area (Å²) < 4.78 is 17.7. The largest absolute Gasteiger partial charge is 0.375 e. The first kappa shape index (κ1) is 20.9. The molecule has 27 heavy (non-hydrogen) atoms. The molecule has 1 saturated carbocycles. The monoisotopic (exact) mass is 391 g/mol. The van der Waals surface area contributed by atoms with Gasteiger partial charge in [-0.3, -0.25) is 10.0 Å². The number of carbonyl (C=O) groups excluding carboxylic acids is 1. The number of amides is 1. The molecule has 3 aliphatic rings. The van der Waals surface area contributed by atoms with Gasteiger partial charge in [0.05, 0.1) is 19.1 Å². The van der Waals surface area contributed by atoms with Crippen LogP contribution in [0.3, 0.4) is 0 Å². The second kappa shape index (κ2) is 8.26. The Bertz CT molecular complexity index is 535. The lowest BCUT2D eigenvalue weighted by molar-refractivity contribution is -0.650. The molecule has 10 heteroatoms. The highest BCUT2D eigenvalue weighted by Gasteiger charge is 2.74. The van der Waals surface area contributed by atoms with Crippen molar-refractivity contribution in [2.75, 3.05) is 20.0 Å². The lowest BCUT2D eigenvalue weighted by Gasteiger charge is -2.62. The van der Waals surface area contributed by atoms with Crippen LogP contribution in [0.25, 0.3) is 0 Å². The average Bonchev–Trinajstić information content (AvgIpc) is 3.05. The number of hydroxylamine groups is 2. The van der Waals surface area contributed by atoms with Gasteiger partial charge in [0.1, 0.15) is 24.0 Å². The zero-order valence-electron chi connectivity index (χ0n) is 16.2. The van der Waals surface area contributed by atoms with E-state index < -0.39 is 35.4 Å². The molecular weight excluding hydrogens is 362 g/mol. The number of nitrogens with zero attached hydrogens (tertiary/aromatic N) is 1. The normalized spacial score (nSPS) is 41.1. The van der Waals surface area contributed by atoms with Crippen LogP contribution in [0, 0.1) is 5.92 Å². The van der Waals surface area contributed by atoms with Gasteiger partial charge in [0.2, 0.25) is 5.91 Å². The maximum Gasteiger partial charge on any atom is 0.249 e. The van der Waals surface area contributed by atoms with Gasteiger partial charge in [-0.05, 0) is 29.8 Å². The predicted octanol–water partition coefficient (Wildman–Crippen LogP) is 1.51. The van der Waals surface area contributed by atoms with Crippen LogP contribution in [-0.2, 0) is 38.9 Å². The van der Waals surface area contributed by atoms with Crippen molar-refractivity contribution < 1.29 is 44.1 Å². The van der Waals surface area contributed by atoms with Gasteiger partial charge in [0.25, 0.3) is 0 Å². The van der Waals surface area contributed by atoms with E-state index in [9.17, 15) is 10.0 Å². The Labute approximate surface area is 158 Å². The number of carbonyl (C=O) groups is 1. The number of β-lactam (4-membered cyclic amide) rings is 1. The van der Waals surface area contributed by atoms with Crippen LogP contribution in [0.2, 0.25) is 0 Å². The van der Waals surface area contributed by atoms with Gasteiger partial charge >= 0.3 is 0 Å². The van der Waals surface area contributed by atoms with Crippen molar-refractivity contribution in [1.29, 1.82) is 0 Å². The highest BCUT2D eigenvalue weighted by atomic mass is 17.7. The van der Waals surface area contributed by atoms with E-state index in [1.807, 2.05) is 27.7 Å². The van der Waals surface area contributed by atoms with Crippen LogP contribution in [0.4, 0.5) is 0 Å². The molecule has 2 aliphatic heterocycles. The predicted molar refractivity (Wildman–Crippen MR) is 87.7 cm³/mol. The highest BCUT2D eigenvalue weighted by molar-refractivity contribution is 5.84. The van der Waals surface area contributed by atoms with Crippen molar-refractivity contribution >= 4 is 5.91 Å². The molecule has 1 aliphatic carbocycles. The molecular formula is C17H29NO9. The van der Waals surface area contributed by atoms with Crippen LogP contribution in [0.15, 0.2) is 0 Å². The van der Waals surface area contributed by atoms with Gasteiger partial charge in [-0.1, -0.05) is 20.8 Å². The van der Waals surface area contributed by atoms with E-state index >= 15 is 0 Å². The Morgan fingerprint density at radius 1 is 1.22 bits per heavy atom. The third-order valence-electron chi connectivity index (χ3n) is 5.83. The van der Waals surface area contributed by atoms with E-state index in [1.54, 1.807) is 0 Å². The first-order valence-electron chi connectivity index (χ1n) is 9.44. The Morgan fingerprint density at radius 3 is 2.59 bits per heavy atom. The molecule has 0 aromatic heterocycles. The Hall–Kier alpha value is -0.850. The minimum atomic E-state index is -1.08. The van der Waals surface area contributed by atoms with Crippen molar-refractivity contribution in [2.45, 2.75) is 76.4 Å². The highest BCUT2D eigenvalue weighted by Crippen LogP contribution is 2.55. The van der Waals surface area contributed by atoms with Gasteiger partial charge in [0.15, 0.2) is 6.10 Å². The minimum Gasteiger partial charge on any atom is -0.375 e. The molecule has 0 aromatic carbocycles. The van der Waals surface area contributed by atoms with Crippen molar-refractivity contribution in [3.63, 3.8) is 0 Å². The fourth-order valence-corrected chi connectivity index (χ4v) is 4.39. The molecule has 6 atom stereocenters. The quantitative estimate of drug-likeness (QED) is 0.206. The molecule has 1 spiro atoms. The summed E-state index contributed by atoms with van der Waals surface area (Å²) in [4.78, 5) is 22.2. The summed E-state index contributed by atoms with van der Waals surface area (Å²) in [6.07, 6.45) is -0.296. The maximum atomic E-state index is 11.9. The lowest BCUT2D eigenvalue weighted by atomic mass is 9.58. The summed E-state index contributed by atoms with van der Waals surface area (Å²) in [5, 5.41) is 20.5. The fourth-order valence-electron chi connectivity index (χ4n) is 4.39. The summed E-state index contributed by atoms with van der Waals surface area (Å²) >= 11 is 0. The molecule has 1 amide bonds. The van der Waals surface area contributed by atoms with Gasteiger partial charge in [0, 0.05) is 12.5 Å². The Morgan fingerprint density at radius 2 is 1.96 bits per heavy atom. The molecule has 0 radical (unpaired) electrons. The summed E-state index contributed by atoms with van der Waals surface area (Å²) in [5.41, 5.74) is -1.92. The topological polar surface area (TPSA) is 105 Å². The smallest absolute Gasteiger partial charge is 0.249 e. The van der Waals surface area contributed by atoms with E-state index in [2.05, 4.69) is 5.04 Å². The van der Waals surface area contributed by atoms with Crippen molar-refractivity contribution in [3.05, 3.63) is 0 Å². The molecule has 2 heterocycles. The van der Waals surface area contributed by atoms with Crippen LogP contribution in [-0.4, -0.2) is 65.6 Å². The van der Waals surface area contributed by atoms with E-state index in [4.69, 9.17) is 29.0 Å². The molecule has 156 valence electrons. The summed E-state index contributed by atoms with van der Waals surface area (Å²) in [6, 6.07) is 0. The lowest BCUT2D eigenvalue weighted by Crippen LogP contribution is -2.82. The second-order valence-electron chi connectivity index (χ2n) is 7.46. The molecule has 10 nitrogen and oxygen atoms in total. The average molecular weight is 391 g/mol. The number of fused-ring (bicyclic) bond motifs is 1. The molecule has 2 saturated heterocycles. The first-order valence-corrected chi connectivity index (χ1v) is 9.44. The minimum absolute atomic E-state index is 0.0440. The van der Waals surface area contributed by atoms with Gasteiger partial charge in [-0.15, -0.1) is 0 Å². The fraction of sp³-hybridized carbons (Fsp3) is 0.941. The number of ether oxygens (including phenoxy) is 3. The second-order valence-corrected chi connectivity index (χ2v) is 7.46. The molecule has 1 unspecified atom stereocenters. The van der Waals surface area contributed by atoms with Crippen molar-refractivity contribution in [2.24, 2.45) is 5.92 Å². The number of hydrogen-bond donors (Lipinski definition) is 1. The summed E-state index contributed by atoms with van der Waals surface area (Å²) in [5.74, 6) is -0.727. The van der Waals surface area contributed by atoms with E-state index in [0.29, 0.717) is 18.3 Å². The summed E-state index contributed by atoms with van der Waals surface area (Å²) in [7, 11) is 0. The summed E-state index contributed by atoms with van der Waals surface area (Å²) in [6.45, 7) is 8.58. The molecule has 3 fully saturated rings. The van der Waals surface area contributed by atoms with Crippen LogP contribution in [0.1, 0.15) is 47.0 Å². The standard InChI is InChI=1S/C17H29NO9/c1-5-7-21-13-11(3)17(9-12(19)18(17)20)15(25-27-26-24-8-6-2)14-16(13,4)23-10-22-14/h11,13-15,20H,5-10H2,1-4H3/t11-,13+,14+,15-,16-,17?/m1/s1. The first-order chi connectivity index (χ1) is 12.9. The van der Waals surface area contributed by atoms with Crippen molar-refractivity contribution in [1.82, 2.24) is 5.06 Å². The van der Waals surface area contributed by atoms with Gasteiger partial charge in [-0.25, -0.2) is 9.95 Å². The van der Waals surface area contributed by atoms with Gasteiger partial charge < -0.3 is 14.2 Å². The molecule has 3 rings (SSSR count). The maximum absolute atomic E-state index is 11.9. The zero-order valence-corrected chi connectivity index (χ0v) is 16.2. The third kappa shape index (κ3) is 3.28. The third-order valence-corrected chi connectivity index (χ3v) is 5.83. The molecule has 0 bridgehead atoms. The number of hydrogen-bond acceptors (Lipinski definition) is 9. The van der Waals surface area contributed by atoms with E-state index in [1.165, 1.54) is 0 Å². The van der Waals surface area contributed by atoms with Crippen LogP contribution < -0.4 is 0 Å². The van der Waals surface area contributed by atoms with Crippen LogP contribution >= 0.6 is 0 Å². The SMILES string of the molecule is CCCOOOO[C@@H]1[C@@H]2OCO[C@]2(C)[C@@H](OCCC)[C@@H](C)C12CC(=O)N2O. The number of rotatable bonds is 9. The Kier molecular flexibility index (Phi) is 6.38. The van der Waals surface area contributed by atoms with E-state index in [0.717, 1.165) is 12.8 Å². The molecule has 1 N–H and O–H groups in total. The molecule has 0 aromatic rings. The zero-order chi connectivity index (χ0) is 19.7. The van der Waals surface area contributed by atoms with Gasteiger partial charge in [-0.2, -0.15) is 4.89 Å². The van der Waals surface area contributed by atoms with E-state index in [-0.39, 0.29) is 19.1 Å². The Balaban J connectivity index is 1.84.